The minimum absolute atomic E-state index is 0. The van der Waals surface area contributed by atoms with E-state index in [1.807, 2.05) is 0 Å². The Labute approximate surface area is 195 Å². The lowest BCUT2D eigenvalue weighted by Crippen LogP contribution is -2.44. The van der Waals surface area contributed by atoms with Crippen LogP contribution >= 0.6 is 24.0 Å². The Morgan fingerprint density at radius 3 is 2.43 bits per heavy atom. The van der Waals surface area contributed by atoms with Gasteiger partial charge in [-0.05, 0) is 36.7 Å². The van der Waals surface area contributed by atoms with Crippen molar-refractivity contribution in [1.29, 1.82) is 0 Å². The van der Waals surface area contributed by atoms with E-state index >= 15 is 0 Å². The van der Waals surface area contributed by atoms with Gasteiger partial charge < -0.3 is 10.6 Å². The molecule has 1 heterocycles. The molecule has 30 heavy (non-hydrogen) atoms. The molecule has 1 saturated heterocycles. The van der Waals surface area contributed by atoms with Gasteiger partial charge in [-0.25, -0.2) is 0 Å². The molecule has 3 aliphatic rings. The molecule has 2 aliphatic carbocycles. The van der Waals surface area contributed by atoms with E-state index in [2.05, 4.69) is 65.9 Å². The number of allylic oxidation sites excluding steroid dienone is 2. The molecule has 1 aromatic carbocycles. The van der Waals surface area contributed by atoms with Crippen LogP contribution in [0.3, 0.4) is 0 Å². The number of aliphatic imine (C=N–C) groups is 1. The molecule has 6 nitrogen and oxygen atoms in total. The van der Waals surface area contributed by atoms with Crippen molar-refractivity contribution in [3.63, 3.8) is 0 Å². The fourth-order valence-corrected chi connectivity index (χ4v) is 5.04. The van der Waals surface area contributed by atoms with E-state index in [9.17, 15) is 9.59 Å². The first-order valence-corrected chi connectivity index (χ1v) is 10.5. The largest absolute Gasteiger partial charge is 0.356 e. The second-order valence-electron chi connectivity index (χ2n) is 8.52. The summed E-state index contributed by atoms with van der Waals surface area (Å²) in [6, 6.07) is 8.51. The van der Waals surface area contributed by atoms with E-state index in [-0.39, 0.29) is 59.5 Å². The molecule has 2 fully saturated rings. The summed E-state index contributed by atoms with van der Waals surface area (Å²) >= 11 is 0. The summed E-state index contributed by atoms with van der Waals surface area (Å²) in [6.07, 6.45) is 5.22. The highest BCUT2D eigenvalue weighted by Crippen LogP contribution is 2.52. The number of rotatable bonds is 6. The standard InChI is InChI=1S/C23H30N4O2.HI/c1-14-5-4-6-16(11-14)15(2)13-26-23(24-3)25-9-10-27-21(28)19-17-7-8-18(12-17)20(19)22(27)29;/h4-8,11,15,17-20H,9-10,12-13H2,1-3H3,(H2,24,25,26);1H. The van der Waals surface area contributed by atoms with Gasteiger partial charge in [0.1, 0.15) is 0 Å². The number of carbonyl (C=O) groups excluding carboxylic acids is 2. The Morgan fingerprint density at radius 1 is 1.17 bits per heavy atom. The van der Waals surface area contributed by atoms with E-state index in [4.69, 9.17) is 0 Å². The Hall–Kier alpha value is -1.90. The average Bonchev–Trinajstić information content (AvgIpc) is 3.39. The molecule has 4 rings (SSSR count). The highest BCUT2D eigenvalue weighted by molar-refractivity contribution is 14.0. The lowest BCUT2D eigenvalue weighted by Gasteiger charge is -2.20. The van der Waals surface area contributed by atoms with E-state index in [1.165, 1.54) is 16.0 Å². The number of nitrogens with zero attached hydrogens (tertiary/aromatic N) is 2. The molecule has 0 aromatic heterocycles. The topological polar surface area (TPSA) is 73.8 Å². The summed E-state index contributed by atoms with van der Waals surface area (Å²) in [6.45, 7) is 5.92. The Morgan fingerprint density at radius 2 is 1.83 bits per heavy atom. The van der Waals surface area contributed by atoms with E-state index in [0.29, 0.717) is 25.0 Å². The number of amides is 2. The third-order valence-electron chi connectivity index (χ3n) is 6.60. The van der Waals surface area contributed by atoms with Crippen LogP contribution in [0, 0.1) is 30.6 Å². The van der Waals surface area contributed by atoms with Crippen molar-refractivity contribution in [3.05, 3.63) is 47.5 Å². The van der Waals surface area contributed by atoms with Gasteiger partial charge >= 0.3 is 0 Å². The van der Waals surface area contributed by atoms with Crippen LogP contribution in [0.4, 0.5) is 0 Å². The van der Waals surface area contributed by atoms with Gasteiger partial charge in [0.25, 0.3) is 0 Å². The maximum absolute atomic E-state index is 12.7. The van der Waals surface area contributed by atoms with Crippen molar-refractivity contribution in [2.75, 3.05) is 26.7 Å². The molecule has 2 bridgehead atoms. The van der Waals surface area contributed by atoms with Gasteiger partial charge in [-0.3, -0.25) is 19.5 Å². The highest BCUT2D eigenvalue weighted by atomic mass is 127. The van der Waals surface area contributed by atoms with Crippen LogP contribution in [-0.2, 0) is 9.59 Å². The first kappa shape index (κ1) is 22.8. The van der Waals surface area contributed by atoms with Crippen LogP contribution in [0.5, 0.6) is 0 Å². The number of carbonyl (C=O) groups is 2. The number of hydrogen-bond acceptors (Lipinski definition) is 3. The summed E-state index contributed by atoms with van der Waals surface area (Å²) in [5, 5.41) is 6.58. The van der Waals surface area contributed by atoms with Gasteiger partial charge in [-0.15, -0.1) is 24.0 Å². The van der Waals surface area contributed by atoms with Crippen molar-refractivity contribution in [3.8, 4) is 0 Å². The fourth-order valence-electron chi connectivity index (χ4n) is 5.04. The molecule has 0 radical (unpaired) electrons. The molecule has 2 N–H and O–H groups in total. The highest BCUT2D eigenvalue weighted by Gasteiger charge is 2.58. The molecule has 1 aliphatic heterocycles. The minimum Gasteiger partial charge on any atom is -0.356 e. The predicted octanol–water partition coefficient (Wildman–Crippen LogP) is 2.69. The van der Waals surface area contributed by atoms with Crippen molar-refractivity contribution in [1.82, 2.24) is 15.5 Å². The molecule has 0 spiro atoms. The number of halogens is 1. The molecule has 7 heteroatoms. The van der Waals surface area contributed by atoms with Gasteiger partial charge in [0.05, 0.1) is 11.8 Å². The summed E-state index contributed by atoms with van der Waals surface area (Å²) in [7, 11) is 1.73. The normalized spacial score (nSPS) is 27.8. The van der Waals surface area contributed by atoms with Gasteiger partial charge in [-0.2, -0.15) is 0 Å². The SMILES string of the molecule is CN=C(NCCN1C(=O)C2C3C=CC(C3)C2C1=O)NCC(C)c1cccc(C)c1.I. The smallest absolute Gasteiger partial charge is 0.233 e. The Kier molecular flexibility index (Phi) is 7.21. The van der Waals surface area contributed by atoms with Crippen LogP contribution in [0.1, 0.15) is 30.4 Å². The number of likely N-dealkylation sites (tertiary alicyclic amines) is 1. The van der Waals surface area contributed by atoms with Gasteiger partial charge in [-0.1, -0.05) is 48.9 Å². The summed E-state index contributed by atoms with van der Waals surface area (Å²) in [5.74, 6) is 1.33. The third-order valence-corrected chi connectivity index (χ3v) is 6.60. The quantitative estimate of drug-likeness (QED) is 0.198. The third kappa shape index (κ3) is 4.26. The second kappa shape index (κ2) is 9.49. The molecule has 5 unspecified atom stereocenters. The van der Waals surface area contributed by atoms with Gasteiger partial charge in [0.15, 0.2) is 5.96 Å². The number of benzene rings is 1. The van der Waals surface area contributed by atoms with Crippen LogP contribution in [0.25, 0.3) is 0 Å². The zero-order chi connectivity index (χ0) is 20.5. The zero-order valence-corrected chi connectivity index (χ0v) is 20.1. The summed E-state index contributed by atoms with van der Waals surface area (Å²) < 4.78 is 0. The Balaban J connectivity index is 0.00000256. The molecule has 5 atom stereocenters. The van der Waals surface area contributed by atoms with Crippen molar-refractivity contribution in [2.45, 2.75) is 26.2 Å². The fraction of sp³-hybridized carbons (Fsp3) is 0.522. The number of nitrogens with one attached hydrogen (secondary N) is 2. The average molecular weight is 522 g/mol. The molecular weight excluding hydrogens is 491 g/mol. The number of aryl methyl sites for hydroxylation is 1. The lowest BCUT2D eigenvalue weighted by atomic mass is 9.85. The summed E-state index contributed by atoms with van der Waals surface area (Å²) in [5.41, 5.74) is 2.54. The van der Waals surface area contributed by atoms with Crippen molar-refractivity contribution >= 4 is 41.8 Å². The predicted molar refractivity (Wildman–Crippen MR) is 129 cm³/mol. The first-order chi connectivity index (χ1) is 14.0. The van der Waals surface area contributed by atoms with E-state index < -0.39 is 0 Å². The molecule has 2 amide bonds. The van der Waals surface area contributed by atoms with Crippen LogP contribution in [-0.4, -0.2) is 49.4 Å². The number of guanidine groups is 1. The molecule has 162 valence electrons. The first-order valence-electron chi connectivity index (χ1n) is 10.5. The monoisotopic (exact) mass is 522 g/mol. The molecule has 1 aromatic rings. The molecular formula is C23H31IN4O2. The van der Waals surface area contributed by atoms with Crippen molar-refractivity contribution in [2.24, 2.45) is 28.7 Å². The second-order valence-corrected chi connectivity index (χ2v) is 8.52. The number of imide groups is 1. The van der Waals surface area contributed by atoms with Gasteiger partial charge in [0.2, 0.25) is 11.8 Å². The van der Waals surface area contributed by atoms with Crippen LogP contribution < -0.4 is 10.6 Å². The number of fused-ring (bicyclic) bond motifs is 5. The lowest BCUT2D eigenvalue weighted by molar-refractivity contribution is -0.140. The maximum Gasteiger partial charge on any atom is 0.233 e. The van der Waals surface area contributed by atoms with Crippen LogP contribution in [0.2, 0.25) is 0 Å². The maximum atomic E-state index is 12.7. The minimum atomic E-state index is -0.120. The van der Waals surface area contributed by atoms with E-state index in [1.54, 1.807) is 7.05 Å². The van der Waals surface area contributed by atoms with Crippen LogP contribution in [0.15, 0.2) is 41.4 Å². The van der Waals surface area contributed by atoms with Crippen molar-refractivity contribution < 1.29 is 9.59 Å². The molecule has 1 saturated carbocycles. The van der Waals surface area contributed by atoms with E-state index in [0.717, 1.165) is 13.0 Å². The zero-order valence-electron chi connectivity index (χ0n) is 17.8. The number of hydrogen-bond donors (Lipinski definition) is 2. The Bertz CT molecular complexity index is 839. The van der Waals surface area contributed by atoms with Gasteiger partial charge in [0, 0.05) is 26.7 Å². The summed E-state index contributed by atoms with van der Waals surface area (Å²) in [4.78, 5) is 31.2.